The standard InChI is InChI=1S/C25H29N7O/c1-3-7-19(8-4-1)17-32-14-11-20(12-15-32)29-25-30-23(22-24(31-25)28-18-27-22)26-13-16-33-21-9-5-2-6-10-21/h1-10,18,20H,11-17H2,(H3,26,27,28,29,30,31). The zero-order valence-electron chi connectivity index (χ0n) is 18.6. The Kier molecular flexibility index (Phi) is 6.63. The van der Waals surface area contributed by atoms with E-state index < -0.39 is 0 Å². The van der Waals surface area contributed by atoms with Gasteiger partial charge in [0.15, 0.2) is 11.5 Å². The van der Waals surface area contributed by atoms with Gasteiger partial charge in [-0.1, -0.05) is 48.5 Å². The number of nitrogens with one attached hydrogen (secondary N) is 3. The van der Waals surface area contributed by atoms with Gasteiger partial charge < -0.3 is 20.4 Å². The van der Waals surface area contributed by atoms with Crippen molar-refractivity contribution in [3.63, 3.8) is 0 Å². The highest BCUT2D eigenvalue weighted by Gasteiger charge is 2.20. The summed E-state index contributed by atoms with van der Waals surface area (Å²) in [5, 5.41) is 6.89. The van der Waals surface area contributed by atoms with Gasteiger partial charge in [0.2, 0.25) is 5.95 Å². The van der Waals surface area contributed by atoms with Crippen LogP contribution in [-0.2, 0) is 6.54 Å². The Balaban J connectivity index is 1.16. The molecule has 2 aromatic heterocycles. The number of imidazole rings is 1. The van der Waals surface area contributed by atoms with Gasteiger partial charge in [-0.2, -0.15) is 9.97 Å². The molecule has 0 unspecified atom stereocenters. The van der Waals surface area contributed by atoms with Gasteiger partial charge in [0.05, 0.1) is 12.9 Å². The monoisotopic (exact) mass is 443 g/mol. The van der Waals surface area contributed by atoms with E-state index in [1.54, 1.807) is 6.33 Å². The van der Waals surface area contributed by atoms with Gasteiger partial charge in [-0.25, -0.2) is 4.98 Å². The number of aromatic nitrogens is 4. The lowest BCUT2D eigenvalue weighted by atomic mass is 10.0. The molecule has 0 radical (unpaired) electrons. The molecule has 0 aliphatic carbocycles. The number of para-hydroxylation sites is 1. The summed E-state index contributed by atoms with van der Waals surface area (Å²) in [5.74, 6) is 2.20. The number of hydrogen-bond donors (Lipinski definition) is 3. The second-order valence-corrected chi connectivity index (χ2v) is 8.27. The first-order valence-electron chi connectivity index (χ1n) is 11.5. The molecule has 1 aliphatic heterocycles. The molecule has 3 N–H and O–H groups in total. The van der Waals surface area contributed by atoms with E-state index in [-0.39, 0.29) is 0 Å². The van der Waals surface area contributed by atoms with E-state index in [1.807, 2.05) is 30.3 Å². The SMILES string of the molecule is c1ccc(CN2CCC(Nc3nc(NCCOc4ccccc4)c4[nH]cnc4n3)CC2)cc1. The zero-order chi connectivity index (χ0) is 22.3. The van der Waals surface area contributed by atoms with Crippen molar-refractivity contribution in [2.75, 3.05) is 36.9 Å². The third kappa shape index (κ3) is 5.59. The van der Waals surface area contributed by atoms with Gasteiger partial charge in [-0.15, -0.1) is 0 Å². The van der Waals surface area contributed by atoms with Crippen LogP contribution in [0.2, 0.25) is 0 Å². The Labute approximate surface area is 193 Å². The van der Waals surface area contributed by atoms with Crippen LogP contribution in [0.15, 0.2) is 67.0 Å². The lowest BCUT2D eigenvalue weighted by Crippen LogP contribution is -2.39. The first-order valence-corrected chi connectivity index (χ1v) is 11.5. The van der Waals surface area contributed by atoms with Crippen LogP contribution in [0.4, 0.5) is 11.8 Å². The number of anilines is 2. The van der Waals surface area contributed by atoms with Crippen LogP contribution in [0.1, 0.15) is 18.4 Å². The number of likely N-dealkylation sites (tertiary alicyclic amines) is 1. The van der Waals surface area contributed by atoms with E-state index >= 15 is 0 Å². The fourth-order valence-corrected chi connectivity index (χ4v) is 4.14. The number of rotatable bonds is 9. The van der Waals surface area contributed by atoms with Crippen LogP contribution < -0.4 is 15.4 Å². The minimum atomic E-state index is 0.350. The van der Waals surface area contributed by atoms with Crippen LogP contribution >= 0.6 is 0 Å². The molecule has 8 heteroatoms. The average molecular weight is 444 g/mol. The van der Waals surface area contributed by atoms with Gasteiger partial charge in [0.25, 0.3) is 0 Å². The van der Waals surface area contributed by atoms with Crippen molar-refractivity contribution in [1.29, 1.82) is 0 Å². The Hall–Kier alpha value is -3.65. The van der Waals surface area contributed by atoms with Crippen LogP contribution in [0.5, 0.6) is 5.75 Å². The molecule has 33 heavy (non-hydrogen) atoms. The number of aromatic amines is 1. The number of nitrogens with zero attached hydrogens (tertiary/aromatic N) is 4. The summed E-state index contributed by atoms with van der Waals surface area (Å²) in [6.07, 6.45) is 3.77. The minimum Gasteiger partial charge on any atom is -0.492 e. The number of benzene rings is 2. The number of H-pyrrole nitrogens is 1. The number of hydrogen-bond acceptors (Lipinski definition) is 7. The van der Waals surface area contributed by atoms with Crippen LogP contribution in [0.25, 0.3) is 11.2 Å². The summed E-state index contributed by atoms with van der Waals surface area (Å²) in [5.41, 5.74) is 2.82. The fourth-order valence-electron chi connectivity index (χ4n) is 4.14. The van der Waals surface area contributed by atoms with E-state index in [1.165, 1.54) is 5.56 Å². The average Bonchev–Trinajstić information content (AvgIpc) is 3.33. The molecule has 1 fully saturated rings. The molecule has 4 aromatic rings. The second-order valence-electron chi connectivity index (χ2n) is 8.27. The van der Waals surface area contributed by atoms with E-state index in [0.717, 1.165) is 49.6 Å². The lowest BCUT2D eigenvalue weighted by molar-refractivity contribution is 0.211. The Bertz CT molecular complexity index is 1140. The lowest BCUT2D eigenvalue weighted by Gasteiger charge is -2.32. The quantitative estimate of drug-likeness (QED) is 0.338. The molecule has 1 aliphatic rings. The molecule has 1 saturated heterocycles. The second kappa shape index (κ2) is 10.3. The van der Waals surface area contributed by atoms with Crippen LogP contribution in [0.3, 0.4) is 0 Å². The first-order chi connectivity index (χ1) is 16.3. The van der Waals surface area contributed by atoms with E-state index in [0.29, 0.717) is 30.8 Å². The van der Waals surface area contributed by atoms with Gasteiger partial charge in [0.1, 0.15) is 17.9 Å². The number of ether oxygens (including phenoxy) is 1. The largest absolute Gasteiger partial charge is 0.492 e. The first kappa shape index (κ1) is 21.2. The van der Waals surface area contributed by atoms with Gasteiger partial charge in [-0.05, 0) is 30.5 Å². The Morgan fingerprint density at radius 2 is 1.73 bits per heavy atom. The predicted molar refractivity (Wildman–Crippen MR) is 130 cm³/mol. The van der Waals surface area contributed by atoms with Crippen molar-refractivity contribution in [2.24, 2.45) is 0 Å². The smallest absolute Gasteiger partial charge is 0.227 e. The molecule has 170 valence electrons. The maximum absolute atomic E-state index is 5.77. The van der Waals surface area contributed by atoms with Crippen LogP contribution in [-0.4, -0.2) is 57.1 Å². The highest BCUT2D eigenvalue weighted by Crippen LogP contribution is 2.21. The van der Waals surface area contributed by atoms with E-state index in [4.69, 9.17) is 9.72 Å². The zero-order valence-corrected chi connectivity index (χ0v) is 18.6. The topological polar surface area (TPSA) is 91.0 Å². The van der Waals surface area contributed by atoms with Crippen molar-refractivity contribution >= 4 is 22.9 Å². The molecule has 0 amide bonds. The summed E-state index contributed by atoms with van der Waals surface area (Å²) < 4.78 is 5.77. The molecular formula is C25H29N7O. The molecular weight excluding hydrogens is 414 g/mol. The summed E-state index contributed by atoms with van der Waals surface area (Å²) in [6.45, 7) is 4.27. The Morgan fingerprint density at radius 1 is 0.970 bits per heavy atom. The summed E-state index contributed by atoms with van der Waals surface area (Å²) in [7, 11) is 0. The minimum absolute atomic E-state index is 0.350. The third-order valence-corrected chi connectivity index (χ3v) is 5.86. The van der Waals surface area contributed by atoms with E-state index in [9.17, 15) is 0 Å². The number of fused-ring (bicyclic) bond motifs is 1. The molecule has 0 spiro atoms. The van der Waals surface area contributed by atoms with Gasteiger partial charge in [0, 0.05) is 25.7 Å². The summed E-state index contributed by atoms with van der Waals surface area (Å²) in [4.78, 5) is 19.3. The van der Waals surface area contributed by atoms with Gasteiger partial charge in [-0.3, -0.25) is 4.90 Å². The van der Waals surface area contributed by atoms with Crippen molar-refractivity contribution in [3.05, 3.63) is 72.6 Å². The van der Waals surface area contributed by atoms with Crippen molar-refractivity contribution in [2.45, 2.75) is 25.4 Å². The fraction of sp³-hybridized carbons (Fsp3) is 0.320. The summed E-state index contributed by atoms with van der Waals surface area (Å²) in [6, 6.07) is 20.8. The molecule has 2 aromatic carbocycles. The van der Waals surface area contributed by atoms with E-state index in [2.05, 4.69) is 60.8 Å². The molecule has 8 nitrogen and oxygen atoms in total. The van der Waals surface area contributed by atoms with Crippen LogP contribution in [0, 0.1) is 0 Å². The predicted octanol–water partition coefficient (Wildman–Crippen LogP) is 3.92. The van der Waals surface area contributed by atoms with Crippen molar-refractivity contribution in [1.82, 2.24) is 24.8 Å². The van der Waals surface area contributed by atoms with Crippen molar-refractivity contribution in [3.8, 4) is 5.75 Å². The molecule has 0 atom stereocenters. The maximum Gasteiger partial charge on any atom is 0.227 e. The molecule has 0 saturated carbocycles. The third-order valence-electron chi connectivity index (χ3n) is 5.86. The molecule has 3 heterocycles. The van der Waals surface area contributed by atoms with Gasteiger partial charge >= 0.3 is 0 Å². The number of piperidine rings is 1. The highest BCUT2D eigenvalue weighted by molar-refractivity contribution is 5.83. The Morgan fingerprint density at radius 3 is 2.52 bits per heavy atom. The molecule has 5 rings (SSSR count). The molecule has 0 bridgehead atoms. The maximum atomic E-state index is 5.77. The van der Waals surface area contributed by atoms with Crippen molar-refractivity contribution < 1.29 is 4.74 Å². The normalized spacial score (nSPS) is 14.9. The highest BCUT2D eigenvalue weighted by atomic mass is 16.5. The summed E-state index contributed by atoms with van der Waals surface area (Å²) >= 11 is 0.